The first kappa shape index (κ1) is 16.8. The topological polar surface area (TPSA) is 52.1 Å². The molecule has 0 radical (unpaired) electrons. The van der Waals surface area contributed by atoms with Crippen molar-refractivity contribution in [2.75, 3.05) is 27.7 Å². The van der Waals surface area contributed by atoms with Gasteiger partial charge in [-0.05, 0) is 26.6 Å². The Hall–Kier alpha value is -2.38. The second-order valence-electron chi connectivity index (χ2n) is 7.48. The highest BCUT2D eigenvalue weighted by Gasteiger charge is 2.30. The van der Waals surface area contributed by atoms with Crippen molar-refractivity contribution in [3.05, 3.63) is 52.3 Å². The number of hydroxylamine groups is 2. The number of fused-ring (bicyclic) bond motifs is 4. The van der Waals surface area contributed by atoms with Crippen LogP contribution in [-0.4, -0.2) is 42.6 Å². The van der Waals surface area contributed by atoms with Crippen molar-refractivity contribution in [3.63, 3.8) is 0 Å². The Labute approximate surface area is 161 Å². The lowest BCUT2D eigenvalue weighted by atomic mass is 9.94. The molecule has 0 saturated carbocycles. The van der Waals surface area contributed by atoms with Crippen LogP contribution in [0.1, 0.15) is 11.1 Å². The maximum absolute atomic E-state index is 13.4. The Bertz CT molecular complexity index is 1240. The second kappa shape index (κ2) is 5.81. The molecule has 0 saturated heterocycles. The fraction of sp³-hybridized carbons (Fsp3) is 0.238. The summed E-state index contributed by atoms with van der Waals surface area (Å²) in [6.07, 6.45) is 4.54. The van der Waals surface area contributed by atoms with Gasteiger partial charge in [-0.2, -0.15) is 0 Å². The summed E-state index contributed by atoms with van der Waals surface area (Å²) in [7, 11) is 5.82. The van der Waals surface area contributed by atoms with Crippen molar-refractivity contribution < 1.29 is 0 Å². The van der Waals surface area contributed by atoms with Crippen LogP contribution in [0.2, 0.25) is 0 Å². The van der Waals surface area contributed by atoms with Gasteiger partial charge in [0.2, 0.25) is 0 Å². The third-order valence-corrected chi connectivity index (χ3v) is 6.14. The van der Waals surface area contributed by atoms with E-state index in [-0.39, 0.29) is 0 Å². The van der Waals surface area contributed by atoms with Gasteiger partial charge in [-0.25, -0.2) is 9.97 Å². The molecule has 136 valence electrons. The fourth-order valence-electron chi connectivity index (χ4n) is 4.01. The molecule has 5 rings (SSSR count). The van der Waals surface area contributed by atoms with Crippen molar-refractivity contribution in [2.24, 2.45) is 0 Å². The molecule has 0 amide bonds. The molecule has 4 aromatic rings. The van der Waals surface area contributed by atoms with Gasteiger partial charge in [0.25, 0.3) is 0 Å². The number of para-hydroxylation sites is 1. The number of aromatic nitrogens is 2. The molecule has 3 heterocycles. The first-order chi connectivity index (χ1) is 13.0. The highest BCUT2D eigenvalue weighted by atomic mass is 32.1. The van der Waals surface area contributed by atoms with Gasteiger partial charge in [0.15, 0.2) is 5.69 Å². The molecule has 27 heavy (non-hydrogen) atoms. The van der Waals surface area contributed by atoms with Gasteiger partial charge >= 0.3 is 0 Å². The minimum absolute atomic E-state index is 0.532. The summed E-state index contributed by atoms with van der Waals surface area (Å²) in [6.45, 7) is 0.907. The Morgan fingerprint density at radius 3 is 2.81 bits per heavy atom. The molecule has 2 aromatic heterocycles. The lowest BCUT2D eigenvalue weighted by Gasteiger charge is -2.37. The second-order valence-corrected chi connectivity index (χ2v) is 8.34. The van der Waals surface area contributed by atoms with Gasteiger partial charge in [0.05, 0.1) is 34.5 Å². The Balaban J connectivity index is 2.01. The van der Waals surface area contributed by atoms with E-state index in [4.69, 9.17) is 4.98 Å². The largest absolute Gasteiger partial charge is 0.622 e. The molecular formula is C21H20N4OS. The number of likely N-dealkylation sites (N-methyl/N-ethyl adjacent to an activating group) is 1. The molecule has 0 spiro atoms. The molecule has 1 unspecified atom stereocenters. The van der Waals surface area contributed by atoms with Crippen LogP contribution in [0.15, 0.2) is 36.0 Å². The lowest BCUT2D eigenvalue weighted by Crippen LogP contribution is -2.33. The zero-order valence-corrected chi connectivity index (χ0v) is 16.4. The third kappa shape index (κ3) is 2.41. The number of hydrogen-bond acceptors (Lipinski definition) is 5. The number of hydrogen-bond donors (Lipinski definition) is 0. The first-order valence-electron chi connectivity index (χ1n) is 8.99. The third-order valence-electron chi connectivity index (χ3n) is 5.30. The highest BCUT2D eigenvalue weighted by Crippen LogP contribution is 2.47. The van der Waals surface area contributed by atoms with Crippen LogP contribution in [-0.2, 0) is 6.42 Å². The number of quaternary nitrogens is 1. The van der Waals surface area contributed by atoms with E-state index in [1.165, 1.54) is 0 Å². The number of thiazole rings is 1. The summed E-state index contributed by atoms with van der Waals surface area (Å²) in [4.78, 5) is 11.8. The van der Waals surface area contributed by atoms with Crippen LogP contribution in [0.3, 0.4) is 0 Å². The fourth-order valence-corrected chi connectivity index (χ4v) is 4.96. The van der Waals surface area contributed by atoms with E-state index >= 15 is 0 Å². The number of rotatable bonds is 3. The van der Waals surface area contributed by atoms with Crippen molar-refractivity contribution in [1.82, 2.24) is 19.5 Å². The molecule has 0 N–H and O–H groups in total. The molecule has 5 nitrogen and oxygen atoms in total. The van der Waals surface area contributed by atoms with E-state index in [1.54, 1.807) is 24.6 Å². The van der Waals surface area contributed by atoms with Gasteiger partial charge < -0.3 is 14.8 Å². The van der Waals surface area contributed by atoms with E-state index in [1.807, 2.05) is 29.8 Å². The van der Waals surface area contributed by atoms with Crippen molar-refractivity contribution >= 4 is 55.1 Å². The molecular weight excluding hydrogens is 356 g/mol. The standard InChI is InChI=1S/C21H20N4OS/c1-24(2)10-8-15-18-17-14(13-6-4-5-7-16(13)23-18)9-11-25(3,26)20(17)21-19(15)22-12-27-21/h4-7,9,11-12H,8,10H2,1-3H3. The predicted molar refractivity (Wildman–Crippen MR) is 115 cm³/mol. The molecule has 6 heteroatoms. The van der Waals surface area contributed by atoms with Crippen LogP contribution in [0.5, 0.6) is 0 Å². The number of nitrogens with zero attached hydrogens (tertiary/aromatic N) is 4. The van der Waals surface area contributed by atoms with Crippen molar-refractivity contribution in [1.29, 1.82) is 0 Å². The predicted octanol–water partition coefficient (Wildman–Crippen LogP) is 4.52. The van der Waals surface area contributed by atoms with Crippen molar-refractivity contribution in [2.45, 2.75) is 6.42 Å². The normalized spacial score (nSPS) is 19.0. The minimum atomic E-state index is -0.532. The van der Waals surface area contributed by atoms with Gasteiger partial charge in [-0.3, -0.25) is 0 Å². The Kier molecular flexibility index (Phi) is 3.61. The van der Waals surface area contributed by atoms with E-state index in [2.05, 4.69) is 30.0 Å². The zero-order chi connectivity index (χ0) is 18.8. The number of benzene rings is 2. The summed E-state index contributed by atoms with van der Waals surface area (Å²) >= 11 is 1.55. The van der Waals surface area contributed by atoms with E-state index in [0.717, 1.165) is 61.8 Å². The summed E-state index contributed by atoms with van der Waals surface area (Å²) < 4.78 is 0.451. The van der Waals surface area contributed by atoms with Crippen LogP contribution in [0, 0.1) is 5.21 Å². The molecule has 0 bridgehead atoms. The maximum atomic E-state index is 13.4. The molecule has 1 atom stereocenters. The summed E-state index contributed by atoms with van der Waals surface area (Å²) in [6, 6.07) is 8.16. The molecule has 0 aliphatic carbocycles. The molecule has 1 aliphatic heterocycles. The smallest absolute Gasteiger partial charge is 0.167 e. The molecule has 1 aliphatic rings. The van der Waals surface area contributed by atoms with E-state index in [9.17, 15) is 5.21 Å². The summed E-state index contributed by atoms with van der Waals surface area (Å²) in [5.41, 5.74) is 7.65. The van der Waals surface area contributed by atoms with E-state index < -0.39 is 4.65 Å². The van der Waals surface area contributed by atoms with Gasteiger partial charge in [0.1, 0.15) is 10.9 Å². The van der Waals surface area contributed by atoms with Crippen LogP contribution in [0.25, 0.3) is 38.1 Å². The van der Waals surface area contributed by atoms with Crippen LogP contribution in [0.4, 0.5) is 5.69 Å². The van der Waals surface area contributed by atoms with Gasteiger partial charge in [-0.1, -0.05) is 18.2 Å². The van der Waals surface area contributed by atoms with Gasteiger partial charge in [-0.15, -0.1) is 11.3 Å². The molecule has 2 aromatic carbocycles. The first-order valence-corrected chi connectivity index (χ1v) is 9.87. The summed E-state index contributed by atoms with van der Waals surface area (Å²) in [5.74, 6) is 0. The summed E-state index contributed by atoms with van der Waals surface area (Å²) in [5, 5.41) is 15.4. The average molecular weight is 376 g/mol. The maximum Gasteiger partial charge on any atom is 0.167 e. The van der Waals surface area contributed by atoms with Crippen molar-refractivity contribution in [3.8, 4) is 0 Å². The lowest BCUT2D eigenvalue weighted by molar-refractivity contribution is 0.414. The van der Waals surface area contributed by atoms with E-state index in [0.29, 0.717) is 0 Å². The molecule has 0 fully saturated rings. The number of pyridine rings is 1. The SMILES string of the molecule is CN(C)CCc1c2ncsc2c2c3c(c4ccccc4nc13)C=C[N+]2(C)[O-]. The monoisotopic (exact) mass is 376 g/mol. The van der Waals surface area contributed by atoms with Crippen LogP contribution >= 0.6 is 11.3 Å². The average Bonchev–Trinajstić information content (AvgIpc) is 3.11. The zero-order valence-electron chi connectivity index (χ0n) is 15.6. The minimum Gasteiger partial charge on any atom is -0.622 e. The quantitative estimate of drug-likeness (QED) is 0.300. The van der Waals surface area contributed by atoms with Gasteiger partial charge in [0, 0.05) is 29.1 Å². The Morgan fingerprint density at radius 2 is 2.00 bits per heavy atom. The van der Waals surface area contributed by atoms with Crippen LogP contribution < -0.4 is 4.65 Å². The highest BCUT2D eigenvalue weighted by molar-refractivity contribution is 7.17. The Morgan fingerprint density at radius 1 is 1.19 bits per heavy atom.